The number of amides is 2. The molecule has 0 aliphatic carbocycles. The van der Waals surface area contributed by atoms with Crippen molar-refractivity contribution in [1.29, 1.82) is 0 Å². The van der Waals surface area contributed by atoms with Crippen molar-refractivity contribution in [3.8, 4) is 0 Å². The van der Waals surface area contributed by atoms with Gasteiger partial charge in [0.25, 0.3) is 5.91 Å². The SMILES string of the molecule is COC(=O)N[C@H](C(=O)NN=Cc1ccccc1)C(C)(C)C. The largest absolute Gasteiger partial charge is 0.453 e. The van der Waals surface area contributed by atoms with Crippen molar-refractivity contribution in [2.24, 2.45) is 10.5 Å². The van der Waals surface area contributed by atoms with E-state index in [1.807, 2.05) is 51.1 Å². The van der Waals surface area contributed by atoms with Gasteiger partial charge in [0, 0.05) is 0 Å². The molecule has 6 nitrogen and oxygen atoms in total. The maximum absolute atomic E-state index is 12.1. The second-order valence-corrected chi connectivity index (χ2v) is 5.58. The Hall–Kier alpha value is -2.37. The molecule has 1 rings (SSSR count). The van der Waals surface area contributed by atoms with Gasteiger partial charge in [0.05, 0.1) is 13.3 Å². The maximum Gasteiger partial charge on any atom is 0.407 e. The molecule has 0 bridgehead atoms. The number of benzene rings is 1. The summed E-state index contributed by atoms with van der Waals surface area (Å²) in [6.45, 7) is 5.52. The van der Waals surface area contributed by atoms with Crippen LogP contribution in [0.5, 0.6) is 0 Å². The molecule has 0 aliphatic rings. The topological polar surface area (TPSA) is 79.8 Å². The highest BCUT2D eigenvalue weighted by molar-refractivity contribution is 5.87. The van der Waals surface area contributed by atoms with Crippen LogP contribution < -0.4 is 10.7 Å². The summed E-state index contributed by atoms with van der Waals surface area (Å²) in [6.07, 6.45) is 0.882. The molecule has 114 valence electrons. The lowest BCUT2D eigenvalue weighted by Crippen LogP contribution is -2.52. The number of hydrogen-bond acceptors (Lipinski definition) is 4. The van der Waals surface area contributed by atoms with Crippen LogP contribution >= 0.6 is 0 Å². The molecule has 0 saturated heterocycles. The van der Waals surface area contributed by atoms with E-state index < -0.39 is 23.5 Å². The minimum atomic E-state index is -0.752. The summed E-state index contributed by atoms with van der Waals surface area (Å²) in [7, 11) is 1.25. The van der Waals surface area contributed by atoms with E-state index in [-0.39, 0.29) is 0 Å². The summed E-state index contributed by atoms with van der Waals surface area (Å²) in [4.78, 5) is 23.5. The fraction of sp³-hybridized carbons (Fsp3) is 0.400. The molecule has 0 aliphatic heterocycles. The quantitative estimate of drug-likeness (QED) is 0.657. The number of methoxy groups -OCH3 is 1. The number of rotatable bonds is 4. The molecule has 6 heteroatoms. The van der Waals surface area contributed by atoms with Crippen LogP contribution in [-0.4, -0.2) is 31.4 Å². The Labute approximate surface area is 124 Å². The number of nitrogens with zero attached hydrogens (tertiary/aromatic N) is 1. The van der Waals surface area contributed by atoms with Gasteiger partial charge in [-0.1, -0.05) is 51.1 Å². The lowest BCUT2D eigenvalue weighted by molar-refractivity contribution is -0.125. The highest BCUT2D eigenvalue weighted by Gasteiger charge is 2.33. The average Bonchev–Trinajstić information content (AvgIpc) is 2.44. The molecule has 1 atom stereocenters. The molecular weight excluding hydrogens is 270 g/mol. The number of carbonyl (C=O) groups excluding carboxylic acids is 2. The number of carbonyl (C=O) groups is 2. The predicted octanol–water partition coefficient (Wildman–Crippen LogP) is 1.91. The van der Waals surface area contributed by atoms with E-state index in [0.29, 0.717) is 0 Å². The Morgan fingerprint density at radius 3 is 2.38 bits per heavy atom. The normalized spacial score (nSPS) is 12.8. The first-order valence-corrected chi connectivity index (χ1v) is 6.57. The van der Waals surface area contributed by atoms with Crippen molar-refractivity contribution < 1.29 is 14.3 Å². The van der Waals surface area contributed by atoms with Crippen LogP contribution in [0.15, 0.2) is 35.4 Å². The number of hydrazone groups is 1. The Kier molecular flexibility index (Phi) is 5.90. The van der Waals surface area contributed by atoms with Gasteiger partial charge in [0.2, 0.25) is 0 Å². The summed E-state index contributed by atoms with van der Waals surface area (Å²) < 4.78 is 4.53. The third-order valence-electron chi connectivity index (χ3n) is 2.76. The van der Waals surface area contributed by atoms with Gasteiger partial charge in [-0.2, -0.15) is 5.10 Å². The molecular formula is C15H21N3O3. The molecule has 0 heterocycles. The van der Waals surface area contributed by atoms with Crippen LogP contribution in [0.25, 0.3) is 0 Å². The van der Waals surface area contributed by atoms with Crippen molar-refractivity contribution in [3.05, 3.63) is 35.9 Å². The van der Waals surface area contributed by atoms with Gasteiger partial charge >= 0.3 is 6.09 Å². The van der Waals surface area contributed by atoms with Crippen molar-refractivity contribution in [1.82, 2.24) is 10.7 Å². The number of hydrogen-bond donors (Lipinski definition) is 2. The molecule has 0 saturated carbocycles. The first kappa shape index (κ1) is 16.7. The van der Waals surface area contributed by atoms with Crippen molar-refractivity contribution in [2.75, 3.05) is 7.11 Å². The van der Waals surface area contributed by atoms with Gasteiger partial charge in [-0.05, 0) is 11.0 Å². The summed E-state index contributed by atoms with van der Waals surface area (Å²) in [5.41, 5.74) is 2.82. The van der Waals surface area contributed by atoms with E-state index in [2.05, 4.69) is 20.6 Å². The maximum atomic E-state index is 12.1. The van der Waals surface area contributed by atoms with Crippen molar-refractivity contribution in [3.63, 3.8) is 0 Å². The van der Waals surface area contributed by atoms with E-state index in [1.54, 1.807) is 0 Å². The lowest BCUT2D eigenvalue weighted by atomic mass is 9.86. The average molecular weight is 291 g/mol. The molecule has 2 amide bonds. The van der Waals surface area contributed by atoms with Gasteiger partial charge < -0.3 is 10.1 Å². The molecule has 0 unspecified atom stereocenters. The fourth-order valence-electron chi connectivity index (χ4n) is 1.63. The Balaban J connectivity index is 2.69. The van der Waals surface area contributed by atoms with Crippen LogP contribution in [0.1, 0.15) is 26.3 Å². The highest BCUT2D eigenvalue weighted by Crippen LogP contribution is 2.19. The van der Waals surface area contributed by atoms with Crippen LogP contribution in [0, 0.1) is 5.41 Å². The fourth-order valence-corrected chi connectivity index (χ4v) is 1.63. The second kappa shape index (κ2) is 7.42. The Bertz CT molecular complexity index is 507. The third kappa shape index (κ3) is 5.64. The van der Waals surface area contributed by atoms with E-state index in [9.17, 15) is 9.59 Å². The molecule has 1 aromatic rings. The van der Waals surface area contributed by atoms with Gasteiger partial charge in [0.15, 0.2) is 0 Å². The zero-order valence-corrected chi connectivity index (χ0v) is 12.7. The first-order valence-electron chi connectivity index (χ1n) is 6.57. The summed E-state index contributed by atoms with van der Waals surface area (Å²) in [6, 6.07) is 8.62. The second-order valence-electron chi connectivity index (χ2n) is 5.58. The van der Waals surface area contributed by atoms with Crippen LogP contribution in [0.4, 0.5) is 4.79 Å². The zero-order chi connectivity index (χ0) is 15.9. The van der Waals surface area contributed by atoms with Crippen LogP contribution in [0.2, 0.25) is 0 Å². The summed E-state index contributed by atoms with van der Waals surface area (Å²) >= 11 is 0. The Morgan fingerprint density at radius 1 is 1.24 bits per heavy atom. The first-order chi connectivity index (χ1) is 9.84. The monoisotopic (exact) mass is 291 g/mol. The molecule has 0 fully saturated rings. The highest BCUT2D eigenvalue weighted by atomic mass is 16.5. The number of nitrogens with one attached hydrogen (secondary N) is 2. The molecule has 2 N–H and O–H groups in total. The molecule has 0 aromatic heterocycles. The summed E-state index contributed by atoms with van der Waals surface area (Å²) in [5.74, 6) is -0.403. The van der Waals surface area contributed by atoms with Gasteiger partial charge in [-0.25, -0.2) is 10.2 Å². The van der Waals surface area contributed by atoms with Gasteiger partial charge in [-0.15, -0.1) is 0 Å². The smallest absolute Gasteiger partial charge is 0.407 e. The third-order valence-corrected chi connectivity index (χ3v) is 2.76. The predicted molar refractivity (Wildman–Crippen MR) is 81.0 cm³/mol. The zero-order valence-electron chi connectivity index (χ0n) is 12.7. The molecule has 0 radical (unpaired) electrons. The lowest BCUT2D eigenvalue weighted by Gasteiger charge is -2.28. The molecule has 21 heavy (non-hydrogen) atoms. The van der Waals surface area contributed by atoms with Crippen molar-refractivity contribution in [2.45, 2.75) is 26.8 Å². The van der Waals surface area contributed by atoms with Crippen LogP contribution in [-0.2, 0) is 9.53 Å². The number of ether oxygens (including phenoxy) is 1. The van der Waals surface area contributed by atoms with Crippen molar-refractivity contribution >= 4 is 18.2 Å². The van der Waals surface area contributed by atoms with E-state index in [1.165, 1.54) is 13.3 Å². The molecule has 1 aromatic carbocycles. The van der Waals surface area contributed by atoms with E-state index in [0.717, 1.165) is 5.56 Å². The Morgan fingerprint density at radius 2 is 1.86 bits per heavy atom. The minimum absolute atomic E-state index is 0.403. The standard InChI is InChI=1S/C15H21N3O3/c1-15(2,3)12(17-14(20)21-4)13(19)18-16-10-11-8-6-5-7-9-11/h5-10,12H,1-4H3,(H,17,20)(H,18,19)/t12-/m1/s1. The van der Waals surface area contributed by atoms with Gasteiger partial charge in [-0.3, -0.25) is 4.79 Å². The van der Waals surface area contributed by atoms with E-state index >= 15 is 0 Å². The van der Waals surface area contributed by atoms with Gasteiger partial charge in [0.1, 0.15) is 6.04 Å². The number of alkyl carbamates (subject to hydrolysis) is 1. The summed E-state index contributed by atoms with van der Waals surface area (Å²) in [5, 5.41) is 6.40. The molecule has 0 spiro atoms. The van der Waals surface area contributed by atoms with E-state index in [4.69, 9.17) is 0 Å². The van der Waals surface area contributed by atoms with Crippen LogP contribution in [0.3, 0.4) is 0 Å². The minimum Gasteiger partial charge on any atom is -0.453 e.